The van der Waals surface area contributed by atoms with Crippen molar-refractivity contribution >= 4 is 5.78 Å². The Morgan fingerprint density at radius 2 is 2.04 bits per heavy atom. The fourth-order valence-corrected chi connectivity index (χ4v) is 3.58. The molecule has 2 aliphatic heterocycles. The van der Waals surface area contributed by atoms with Gasteiger partial charge in [-0.3, -0.25) is 4.79 Å². The minimum Gasteiger partial charge on any atom is -0.504 e. The third-order valence-corrected chi connectivity index (χ3v) is 4.99. The Hall–Kier alpha value is -2.73. The standard InChI is InChI=1S/C20H21NO5/c1-21-6-5-13-8-19(24-2)17(23)9-14(13)16(22)7-12-3-4-18-20(15(12)10-21)26-11-25-18/h3-4,8-9,23H,5-7,10-11H2,1-2H3. The number of ketones is 1. The summed E-state index contributed by atoms with van der Waals surface area (Å²) in [5.74, 6) is 1.81. The van der Waals surface area contributed by atoms with E-state index in [1.807, 2.05) is 19.2 Å². The lowest BCUT2D eigenvalue weighted by Crippen LogP contribution is -2.24. The van der Waals surface area contributed by atoms with Gasteiger partial charge in [0.25, 0.3) is 0 Å². The van der Waals surface area contributed by atoms with Crippen molar-refractivity contribution in [1.82, 2.24) is 4.90 Å². The number of nitrogens with zero attached hydrogens (tertiary/aromatic N) is 1. The Morgan fingerprint density at radius 3 is 2.85 bits per heavy atom. The lowest BCUT2D eigenvalue weighted by molar-refractivity contribution is 0.0990. The number of hydrogen-bond donors (Lipinski definition) is 1. The molecule has 0 amide bonds. The number of phenols is 1. The second-order valence-electron chi connectivity index (χ2n) is 6.71. The average Bonchev–Trinajstić information content (AvgIpc) is 3.10. The quantitative estimate of drug-likeness (QED) is 0.848. The van der Waals surface area contributed by atoms with Gasteiger partial charge in [0.2, 0.25) is 6.79 Å². The molecule has 0 fully saturated rings. The molecule has 0 aliphatic carbocycles. The zero-order valence-corrected chi connectivity index (χ0v) is 14.9. The van der Waals surface area contributed by atoms with Crippen molar-refractivity contribution in [3.63, 3.8) is 0 Å². The summed E-state index contributed by atoms with van der Waals surface area (Å²) >= 11 is 0. The smallest absolute Gasteiger partial charge is 0.231 e. The first-order valence-corrected chi connectivity index (χ1v) is 8.58. The maximum atomic E-state index is 13.0. The Morgan fingerprint density at radius 1 is 1.19 bits per heavy atom. The predicted molar refractivity (Wildman–Crippen MR) is 95.3 cm³/mol. The number of rotatable bonds is 1. The normalized spacial score (nSPS) is 16.8. The summed E-state index contributed by atoms with van der Waals surface area (Å²) in [5, 5.41) is 10.1. The first kappa shape index (κ1) is 16.7. The van der Waals surface area contributed by atoms with Crippen molar-refractivity contribution < 1.29 is 24.1 Å². The summed E-state index contributed by atoms with van der Waals surface area (Å²) in [5.41, 5.74) is 3.36. The number of phenolic OH excluding ortho intramolecular Hbond substituents is 1. The summed E-state index contributed by atoms with van der Waals surface area (Å²) in [4.78, 5) is 15.2. The first-order valence-electron chi connectivity index (χ1n) is 8.58. The van der Waals surface area contributed by atoms with Gasteiger partial charge in [-0.2, -0.15) is 0 Å². The van der Waals surface area contributed by atoms with E-state index in [0.717, 1.165) is 34.7 Å². The van der Waals surface area contributed by atoms with E-state index in [0.29, 0.717) is 24.3 Å². The van der Waals surface area contributed by atoms with E-state index < -0.39 is 0 Å². The van der Waals surface area contributed by atoms with Crippen molar-refractivity contribution in [1.29, 1.82) is 0 Å². The monoisotopic (exact) mass is 355 g/mol. The highest BCUT2D eigenvalue weighted by Crippen LogP contribution is 2.39. The molecular formula is C20H21NO5. The van der Waals surface area contributed by atoms with Crippen LogP contribution in [0.25, 0.3) is 0 Å². The molecule has 0 bridgehead atoms. The molecule has 0 atom stereocenters. The Labute approximate surface area is 151 Å². The van der Waals surface area contributed by atoms with Gasteiger partial charge in [0.05, 0.1) is 7.11 Å². The SMILES string of the molecule is COc1cc2c(cc1O)C(=O)Cc1ccc3c(c1CN(C)CC2)OCO3. The average molecular weight is 355 g/mol. The maximum absolute atomic E-state index is 13.0. The number of ether oxygens (including phenoxy) is 3. The molecular weight excluding hydrogens is 334 g/mol. The van der Waals surface area contributed by atoms with Gasteiger partial charge >= 0.3 is 0 Å². The van der Waals surface area contributed by atoms with Gasteiger partial charge in [0, 0.05) is 30.6 Å². The van der Waals surface area contributed by atoms with Crippen LogP contribution in [-0.2, 0) is 19.4 Å². The second kappa shape index (κ2) is 6.53. The zero-order chi connectivity index (χ0) is 18.3. The van der Waals surface area contributed by atoms with Crippen LogP contribution in [0.1, 0.15) is 27.0 Å². The molecule has 2 aromatic rings. The number of Topliss-reactive ketones (excluding diaryl/α,β-unsaturated/α-hetero) is 1. The summed E-state index contributed by atoms with van der Waals surface area (Å²) < 4.78 is 16.3. The number of carbonyl (C=O) groups excluding carboxylic acids is 1. The molecule has 2 heterocycles. The van der Waals surface area contributed by atoms with Crippen LogP contribution >= 0.6 is 0 Å². The molecule has 1 N–H and O–H groups in total. The number of methoxy groups -OCH3 is 1. The number of aromatic hydroxyl groups is 1. The van der Waals surface area contributed by atoms with Crippen LogP contribution in [0.2, 0.25) is 0 Å². The van der Waals surface area contributed by atoms with E-state index in [1.54, 1.807) is 6.07 Å². The Kier molecular flexibility index (Phi) is 4.20. The lowest BCUT2D eigenvalue weighted by atomic mass is 9.92. The van der Waals surface area contributed by atoms with Gasteiger partial charge in [0.15, 0.2) is 28.8 Å². The Balaban J connectivity index is 1.80. The fourth-order valence-electron chi connectivity index (χ4n) is 3.58. The van der Waals surface area contributed by atoms with Crippen LogP contribution in [0.4, 0.5) is 0 Å². The molecule has 2 aromatic carbocycles. The summed E-state index contributed by atoms with van der Waals surface area (Å²) in [6.45, 7) is 1.65. The molecule has 0 saturated carbocycles. The van der Waals surface area contributed by atoms with Crippen molar-refractivity contribution in [2.75, 3.05) is 27.5 Å². The number of fused-ring (bicyclic) bond motifs is 4. The van der Waals surface area contributed by atoms with Crippen molar-refractivity contribution in [2.24, 2.45) is 0 Å². The Bertz CT molecular complexity index is 877. The summed E-state index contributed by atoms with van der Waals surface area (Å²) in [6.07, 6.45) is 0.939. The van der Waals surface area contributed by atoms with Crippen LogP contribution in [0.5, 0.6) is 23.0 Å². The van der Waals surface area contributed by atoms with Gasteiger partial charge in [0.1, 0.15) is 0 Å². The largest absolute Gasteiger partial charge is 0.504 e. The molecule has 0 saturated heterocycles. The van der Waals surface area contributed by atoms with Crippen LogP contribution in [0, 0.1) is 0 Å². The topological polar surface area (TPSA) is 68.2 Å². The predicted octanol–water partition coefficient (Wildman–Crippen LogP) is 2.54. The molecule has 6 nitrogen and oxygen atoms in total. The van der Waals surface area contributed by atoms with Crippen LogP contribution in [-0.4, -0.2) is 43.3 Å². The first-order chi connectivity index (χ1) is 12.6. The van der Waals surface area contributed by atoms with E-state index in [-0.39, 0.29) is 24.7 Å². The number of likely N-dealkylation sites (N-methyl/N-ethyl adjacent to an activating group) is 1. The van der Waals surface area contributed by atoms with Gasteiger partial charge in [-0.05, 0) is 42.8 Å². The molecule has 0 unspecified atom stereocenters. The van der Waals surface area contributed by atoms with Crippen LogP contribution in [0.3, 0.4) is 0 Å². The van der Waals surface area contributed by atoms with E-state index >= 15 is 0 Å². The van der Waals surface area contributed by atoms with E-state index in [1.165, 1.54) is 13.2 Å². The minimum atomic E-state index is -0.0254. The summed E-state index contributed by atoms with van der Waals surface area (Å²) in [7, 11) is 3.55. The number of benzene rings is 2. The molecule has 6 heteroatoms. The highest BCUT2D eigenvalue weighted by Gasteiger charge is 2.25. The molecule has 0 radical (unpaired) electrons. The number of carbonyl (C=O) groups is 1. The molecule has 136 valence electrons. The van der Waals surface area contributed by atoms with Crippen molar-refractivity contribution in [3.8, 4) is 23.0 Å². The van der Waals surface area contributed by atoms with E-state index in [4.69, 9.17) is 14.2 Å². The van der Waals surface area contributed by atoms with Gasteiger partial charge < -0.3 is 24.2 Å². The highest BCUT2D eigenvalue weighted by atomic mass is 16.7. The van der Waals surface area contributed by atoms with Crippen molar-refractivity contribution in [2.45, 2.75) is 19.4 Å². The van der Waals surface area contributed by atoms with E-state index in [2.05, 4.69) is 4.90 Å². The summed E-state index contributed by atoms with van der Waals surface area (Å²) in [6, 6.07) is 7.06. The molecule has 4 rings (SSSR count). The lowest BCUT2D eigenvalue weighted by Gasteiger charge is -2.23. The zero-order valence-electron chi connectivity index (χ0n) is 14.9. The van der Waals surface area contributed by atoms with Gasteiger partial charge in [-0.15, -0.1) is 0 Å². The van der Waals surface area contributed by atoms with Crippen molar-refractivity contribution in [3.05, 3.63) is 46.5 Å². The van der Waals surface area contributed by atoms with E-state index in [9.17, 15) is 9.90 Å². The van der Waals surface area contributed by atoms with Crippen LogP contribution in [0.15, 0.2) is 24.3 Å². The van der Waals surface area contributed by atoms with Gasteiger partial charge in [-0.25, -0.2) is 0 Å². The highest BCUT2D eigenvalue weighted by molar-refractivity contribution is 5.99. The molecule has 0 aromatic heterocycles. The minimum absolute atomic E-state index is 0.0177. The second-order valence-corrected chi connectivity index (χ2v) is 6.71. The molecule has 0 spiro atoms. The van der Waals surface area contributed by atoms with Crippen LogP contribution < -0.4 is 14.2 Å². The third-order valence-electron chi connectivity index (χ3n) is 4.99. The molecule has 2 aliphatic rings. The fraction of sp³-hybridized carbons (Fsp3) is 0.350. The molecule has 26 heavy (non-hydrogen) atoms. The third kappa shape index (κ3) is 2.86. The number of hydrogen-bond acceptors (Lipinski definition) is 6. The maximum Gasteiger partial charge on any atom is 0.231 e. The van der Waals surface area contributed by atoms with Gasteiger partial charge in [-0.1, -0.05) is 6.07 Å².